The summed E-state index contributed by atoms with van der Waals surface area (Å²) in [5.41, 5.74) is 7.01. The lowest BCUT2D eigenvalue weighted by molar-refractivity contribution is -0.129. The van der Waals surface area contributed by atoms with Crippen molar-refractivity contribution in [2.24, 2.45) is 5.73 Å². The average molecular weight is 260 g/mol. The Morgan fingerprint density at radius 3 is 2.68 bits per heavy atom. The maximum absolute atomic E-state index is 11.5. The summed E-state index contributed by atoms with van der Waals surface area (Å²) in [6.45, 7) is 2.84. The van der Waals surface area contributed by atoms with Crippen molar-refractivity contribution < 1.29 is 9.21 Å². The zero-order valence-electron chi connectivity index (χ0n) is 10.6. The number of nitrogens with zero attached hydrogens (tertiary/aromatic N) is 3. The minimum absolute atomic E-state index is 0.00258. The quantitative estimate of drug-likeness (QED) is 0.847. The maximum atomic E-state index is 11.5. The number of hydrogen-bond acceptors (Lipinski definition) is 5. The SMILES string of the molecule is NCC(=O)N1CCN(c2nc3ccccc3o2)CC1. The minimum atomic E-state index is -0.00258. The van der Waals surface area contributed by atoms with Gasteiger partial charge in [-0.05, 0) is 12.1 Å². The number of rotatable bonds is 2. The summed E-state index contributed by atoms with van der Waals surface area (Å²) in [7, 11) is 0. The molecule has 1 amide bonds. The van der Waals surface area contributed by atoms with E-state index in [1.807, 2.05) is 24.3 Å². The predicted octanol–water partition coefficient (Wildman–Crippen LogP) is 0.435. The Bertz CT molecular complexity index is 554. The smallest absolute Gasteiger partial charge is 0.298 e. The van der Waals surface area contributed by atoms with Gasteiger partial charge in [-0.15, -0.1) is 0 Å². The van der Waals surface area contributed by atoms with E-state index < -0.39 is 0 Å². The van der Waals surface area contributed by atoms with Crippen LogP contribution in [0.2, 0.25) is 0 Å². The highest BCUT2D eigenvalue weighted by Gasteiger charge is 2.23. The van der Waals surface area contributed by atoms with Gasteiger partial charge in [-0.3, -0.25) is 4.79 Å². The van der Waals surface area contributed by atoms with Crippen LogP contribution in [0.3, 0.4) is 0 Å². The van der Waals surface area contributed by atoms with Crippen molar-refractivity contribution in [3.63, 3.8) is 0 Å². The van der Waals surface area contributed by atoms with Crippen LogP contribution in [-0.2, 0) is 4.79 Å². The highest BCUT2D eigenvalue weighted by atomic mass is 16.4. The minimum Gasteiger partial charge on any atom is -0.423 e. The molecular formula is C13H16N4O2. The zero-order chi connectivity index (χ0) is 13.2. The number of amides is 1. The Balaban J connectivity index is 1.72. The zero-order valence-corrected chi connectivity index (χ0v) is 10.6. The molecule has 0 atom stereocenters. The number of fused-ring (bicyclic) bond motifs is 1. The molecule has 19 heavy (non-hydrogen) atoms. The van der Waals surface area contributed by atoms with Gasteiger partial charge in [0.15, 0.2) is 5.58 Å². The van der Waals surface area contributed by atoms with Gasteiger partial charge in [0.2, 0.25) is 5.91 Å². The van der Waals surface area contributed by atoms with Crippen molar-refractivity contribution in [1.82, 2.24) is 9.88 Å². The van der Waals surface area contributed by atoms with E-state index in [0.29, 0.717) is 19.1 Å². The van der Waals surface area contributed by atoms with Crippen LogP contribution in [0.25, 0.3) is 11.1 Å². The van der Waals surface area contributed by atoms with E-state index in [-0.39, 0.29) is 12.5 Å². The molecule has 1 aliphatic heterocycles. The van der Waals surface area contributed by atoms with E-state index in [9.17, 15) is 4.79 Å². The number of hydrogen-bond donors (Lipinski definition) is 1. The van der Waals surface area contributed by atoms with Crippen molar-refractivity contribution in [3.05, 3.63) is 24.3 Å². The van der Waals surface area contributed by atoms with Crippen LogP contribution in [0.5, 0.6) is 0 Å². The second-order valence-electron chi connectivity index (χ2n) is 4.54. The summed E-state index contributed by atoms with van der Waals surface area (Å²) >= 11 is 0. The largest absolute Gasteiger partial charge is 0.423 e. The Morgan fingerprint density at radius 1 is 1.26 bits per heavy atom. The highest BCUT2D eigenvalue weighted by Crippen LogP contribution is 2.22. The van der Waals surface area contributed by atoms with Crippen molar-refractivity contribution in [3.8, 4) is 0 Å². The van der Waals surface area contributed by atoms with Crippen LogP contribution in [0, 0.1) is 0 Å². The van der Waals surface area contributed by atoms with Gasteiger partial charge in [-0.25, -0.2) is 0 Å². The van der Waals surface area contributed by atoms with E-state index >= 15 is 0 Å². The fourth-order valence-electron chi connectivity index (χ4n) is 2.27. The summed E-state index contributed by atoms with van der Waals surface area (Å²) < 4.78 is 5.72. The molecule has 2 heterocycles. The summed E-state index contributed by atoms with van der Waals surface area (Å²) in [5.74, 6) is -0.00258. The topological polar surface area (TPSA) is 75.6 Å². The molecule has 1 aromatic carbocycles. The van der Waals surface area contributed by atoms with Crippen LogP contribution in [0.1, 0.15) is 0 Å². The molecule has 1 saturated heterocycles. The Morgan fingerprint density at radius 2 is 2.00 bits per heavy atom. The molecule has 1 aromatic heterocycles. The van der Waals surface area contributed by atoms with Crippen LogP contribution >= 0.6 is 0 Å². The predicted molar refractivity (Wildman–Crippen MR) is 71.9 cm³/mol. The Hall–Kier alpha value is -2.08. The average Bonchev–Trinajstić information content (AvgIpc) is 2.90. The highest BCUT2D eigenvalue weighted by molar-refractivity contribution is 5.78. The van der Waals surface area contributed by atoms with Crippen molar-refractivity contribution >= 4 is 23.0 Å². The number of carbonyl (C=O) groups excluding carboxylic acids is 1. The van der Waals surface area contributed by atoms with Crippen molar-refractivity contribution in [1.29, 1.82) is 0 Å². The van der Waals surface area contributed by atoms with Crippen LogP contribution in [-0.4, -0.2) is 48.5 Å². The van der Waals surface area contributed by atoms with Gasteiger partial charge in [0, 0.05) is 26.2 Å². The summed E-state index contributed by atoms with van der Waals surface area (Å²) in [4.78, 5) is 19.8. The molecule has 1 aliphatic rings. The van der Waals surface area contributed by atoms with Gasteiger partial charge in [0.05, 0.1) is 6.54 Å². The van der Waals surface area contributed by atoms with E-state index in [0.717, 1.165) is 24.2 Å². The molecule has 1 fully saturated rings. The molecule has 0 unspecified atom stereocenters. The third kappa shape index (κ3) is 2.26. The van der Waals surface area contributed by atoms with E-state index in [1.165, 1.54) is 0 Å². The number of carbonyl (C=O) groups is 1. The molecule has 100 valence electrons. The number of para-hydroxylation sites is 2. The number of piperazine rings is 1. The van der Waals surface area contributed by atoms with E-state index in [2.05, 4.69) is 9.88 Å². The van der Waals surface area contributed by atoms with E-state index in [1.54, 1.807) is 4.90 Å². The molecule has 2 aromatic rings. The van der Waals surface area contributed by atoms with Crippen LogP contribution in [0.4, 0.5) is 6.01 Å². The van der Waals surface area contributed by atoms with Gasteiger partial charge in [0.1, 0.15) is 5.52 Å². The first-order valence-corrected chi connectivity index (χ1v) is 6.36. The van der Waals surface area contributed by atoms with Gasteiger partial charge < -0.3 is 20.0 Å². The molecular weight excluding hydrogens is 244 g/mol. The second kappa shape index (κ2) is 4.89. The van der Waals surface area contributed by atoms with Gasteiger partial charge >= 0.3 is 0 Å². The fraction of sp³-hybridized carbons (Fsp3) is 0.385. The van der Waals surface area contributed by atoms with Gasteiger partial charge in [0.25, 0.3) is 6.01 Å². The Kier molecular flexibility index (Phi) is 3.08. The first-order valence-electron chi connectivity index (χ1n) is 6.36. The fourth-order valence-corrected chi connectivity index (χ4v) is 2.27. The molecule has 3 rings (SSSR count). The van der Waals surface area contributed by atoms with Crippen molar-refractivity contribution in [2.75, 3.05) is 37.6 Å². The number of nitrogens with two attached hydrogens (primary N) is 1. The van der Waals surface area contributed by atoms with E-state index in [4.69, 9.17) is 10.2 Å². The van der Waals surface area contributed by atoms with Crippen LogP contribution in [0.15, 0.2) is 28.7 Å². The number of oxazole rings is 1. The third-order valence-corrected chi connectivity index (χ3v) is 3.36. The second-order valence-corrected chi connectivity index (χ2v) is 4.54. The summed E-state index contributed by atoms with van der Waals surface area (Å²) in [6, 6.07) is 8.32. The monoisotopic (exact) mass is 260 g/mol. The maximum Gasteiger partial charge on any atom is 0.298 e. The number of anilines is 1. The Labute approximate surface area is 110 Å². The molecule has 6 nitrogen and oxygen atoms in total. The molecule has 0 saturated carbocycles. The summed E-state index contributed by atoms with van der Waals surface area (Å²) in [5, 5.41) is 0. The number of aromatic nitrogens is 1. The lowest BCUT2D eigenvalue weighted by Gasteiger charge is -2.33. The van der Waals surface area contributed by atoms with Crippen LogP contribution < -0.4 is 10.6 Å². The molecule has 0 aliphatic carbocycles. The van der Waals surface area contributed by atoms with Crippen molar-refractivity contribution in [2.45, 2.75) is 0 Å². The molecule has 0 radical (unpaired) electrons. The molecule has 2 N–H and O–H groups in total. The lowest BCUT2D eigenvalue weighted by atomic mass is 10.3. The first kappa shape index (κ1) is 12.0. The summed E-state index contributed by atoms with van der Waals surface area (Å²) in [6.07, 6.45) is 0. The van der Waals surface area contributed by atoms with Gasteiger partial charge in [-0.2, -0.15) is 4.98 Å². The number of benzene rings is 1. The molecule has 0 spiro atoms. The normalized spacial score (nSPS) is 16.1. The molecule has 6 heteroatoms. The molecule has 0 bridgehead atoms. The third-order valence-electron chi connectivity index (χ3n) is 3.36. The van der Waals surface area contributed by atoms with Gasteiger partial charge in [-0.1, -0.05) is 12.1 Å². The first-order chi connectivity index (χ1) is 9.28. The lowest BCUT2D eigenvalue weighted by Crippen LogP contribution is -2.50. The standard InChI is InChI=1S/C13H16N4O2/c14-9-12(18)16-5-7-17(8-6-16)13-15-10-3-1-2-4-11(10)19-13/h1-4H,5-9,14H2.